The van der Waals surface area contributed by atoms with Crippen molar-refractivity contribution in [3.63, 3.8) is 0 Å². The first-order chi connectivity index (χ1) is 15.3. The lowest BCUT2D eigenvalue weighted by atomic mass is 10.1. The molecular formula is C26H25N3O2S. The third-order valence-corrected chi connectivity index (χ3v) is 5.79. The number of hydrogen-bond acceptors (Lipinski definition) is 4. The predicted octanol–water partition coefficient (Wildman–Crippen LogP) is 6.11. The number of carbonyl (C=O) groups is 1. The van der Waals surface area contributed by atoms with E-state index in [2.05, 4.69) is 28.6 Å². The van der Waals surface area contributed by atoms with Crippen molar-refractivity contribution < 1.29 is 9.21 Å². The molecule has 5 nitrogen and oxygen atoms in total. The lowest BCUT2D eigenvalue weighted by Crippen LogP contribution is -2.34. The van der Waals surface area contributed by atoms with Gasteiger partial charge in [0, 0.05) is 16.8 Å². The Labute approximate surface area is 192 Å². The minimum atomic E-state index is -0.245. The van der Waals surface area contributed by atoms with Crippen LogP contribution < -0.4 is 10.6 Å². The molecule has 4 rings (SSSR count). The number of benzene rings is 3. The van der Waals surface area contributed by atoms with Crippen molar-refractivity contribution in [1.29, 1.82) is 0 Å². The predicted molar refractivity (Wildman–Crippen MR) is 133 cm³/mol. The second-order valence-corrected chi connectivity index (χ2v) is 8.32. The van der Waals surface area contributed by atoms with E-state index in [1.165, 1.54) is 5.56 Å². The highest BCUT2D eigenvalue weighted by Gasteiger charge is 2.13. The van der Waals surface area contributed by atoms with Crippen LogP contribution in [0.2, 0.25) is 0 Å². The number of nitrogens with one attached hydrogen (secondary N) is 2. The molecular weight excluding hydrogens is 418 g/mol. The molecule has 32 heavy (non-hydrogen) atoms. The maximum absolute atomic E-state index is 12.6. The second kappa shape index (κ2) is 8.93. The van der Waals surface area contributed by atoms with Crippen LogP contribution in [0.1, 0.15) is 39.5 Å². The molecule has 1 aromatic heterocycles. The molecule has 4 aromatic rings. The Morgan fingerprint density at radius 3 is 2.50 bits per heavy atom. The van der Waals surface area contributed by atoms with Crippen molar-refractivity contribution in [3.8, 4) is 11.5 Å². The maximum Gasteiger partial charge on any atom is 0.257 e. The van der Waals surface area contributed by atoms with Crippen LogP contribution in [0.4, 0.5) is 5.69 Å². The largest absolute Gasteiger partial charge is 0.436 e. The third-order valence-electron chi connectivity index (χ3n) is 5.59. The van der Waals surface area contributed by atoms with Crippen LogP contribution in [0, 0.1) is 20.8 Å². The van der Waals surface area contributed by atoms with Crippen molar-refractivity contribution in [2.24, 2.45) is 0 Å². The Kier molecular flexibility index (Phi) is 6.06. The van der Waals surface area contributed by atoms with Gasteiger partial charge < -0.3 is 9.73 Å². The van der Waals surface area contributed by atoms with Crippen LogP contribution in [-0.2, 0) is 6.42 Å². The monoisotopic (exact) mass is 443 g/mol. The number of thiocarbonyl (C=S) groups is 1. The summed E-state index contributed by atoms with van der Waals surface area (Å²) < 4.78 is 5.96. The number of aromatic nitrogens is 1. The van der Waals surface area contributed by atoms with Crippen LogP contribution in [0.5, 0.6) is 0 Å². The number of rotatable bonds is 4. The zero-order valence-electron chi connectivity index (χ0n) is 18.6. The molecule has 0 atom stereocenters. The minimum absolute atomic E-state index is 0.235. The summed E-state index contributed by atoms with van der Waals surface area (Å²) in [5.74, 6) is 0.298. The fraction of sp³-hybridized carbons (Fsp3) is 0.192. The average Bonchev–Trinajstić information content (AvgIpc) is 3.20. The molecule has 0 aliphatic rings. The van der Waals surface area contributed by atoms with Gasteiger partial charge in [-0.15, -0.1) is 0 Å². The van der Waals surface area contributed by atoms with Gasteiger partial charge in [0.1, 0.15) is 5.52 Å². The quantitative estimate of drug-likeness (QED) is 0.373. The van der Waals surface area contributed by atoms with Gasteiger partial charge >= 0.3 is 0 Å². The van der Waals surface area contributed by atoms with Crippen LogP contribution >= 0.6 is 12.2 Å². The zero-order chi connectivity index (χ0) is 22.8. The summed E-state index contributed by atoms with van der Waals surface area (Å²) in [4.78, 5) is 17.2. The summed E-state index contributed by atoms with van der Waals surface area (Å²) in [7, 11) is 0. The Balaban J connectivity index is 1.53. The number of anilines is 1. The Morgan fingerprint density at radius 2 is 1.75 bits per heavy atom. The maximum atomic E-state index is 12.6. The summed E-state index contributed by atoms with van der Waals surface area (Å²) in [6, 6.07) is 17.5. The van der Waals surface area contributed by atoms with E-state index in [0.29, 0.717) is 11.5 Å². The first-order valence-electron chi connectivity index (χ1n) is 10.5. The van der Waals surface area contributed by atoms with E-state index in [0.717, 1.165) is 45.5 Å². The standard InChI is InChI=1S/C26H25N3O2S/c1-5-18-8-11-23-22(13-18)27-25(31-23)20-10-7-16(3)21(14-20)28-26(32)29-24(30)19-9-6-15(2)17(4)12-19/h6-14H,5H2,1-4H3,(H2,28,29,30,32). The van der Waals surface area contributed by atoms with Gasteiger partial charge in [-0.2, -0.15) is 0 Å². The average molecular weight is 444 g/mol. The van der Waals surface area contributed by atoms with Crippen LogP contribution in [0.3, 0.4) is 0 Å². The van der Waals surface area contributed by atoms with Gasteiger partial charge in [0.15, 0.2) is 10.7 Å². The molecule has 0 fully saturated rings. The Bertz CT molecular complexity index is 1340. The van der Waals surface area contributed by atoms with Gasteiger partial charge in [-0.1, -0.05) is 25.1 Å². The third kappa shape index (κ3) is 4.55. The molecule has 0 bridgehead atoms. The van der Waals surface area contributed by atoms with E-state index in [9.17, 15) is 4.79 Å². The minimum Gasteiger partial charge on any atom is -0.436 e. The summed E-state index contributed by atoms with van der Waals surface area (Å²) in [6.07, 6.45) is 0.946. The topological polar surface area (TPSA) is 67.2 Å². The summed E-state index contributed by atoms with van der Waals surface area (Å²) in [5.41, 5.74) is 8.17. The van der Waals surface area contributed by atoms with E-state index in [1.54, 1.807) is 6.07 Å². The molecule has 162 valence electrons. The highest BCUT2D eigenvalue weighted by molar-refractivity contribution is 7.80. The normalized spacial score (nSPS) is 10.9. The summed E-state index contributed by atoms with van der Waals surface area (Å²) in [5, 5.41) is 6.12. The fourth-order valence-electron chi connectivity index (χ4n) is 3.42. The van der Waals surface area contributed by atoms with Crippen LogP contribution in [0.15, 0.2) is 59.0 Å². The number of nitrogens with zero attached hydrogens (tertiary/aromatic N) is 1. The van der Waals surface area contributed by atoms with Gasteiger partial charge in [0.2, 0.25) is 5.89 Å². The van der Waals surface area contributed by atoms with Gasteiger partial charge in [-0.3, -0.25) is 10.1 Å². The molecule has 0 radical (unpaired) electrons. The SMILES string of the molecule is CCc1ccc2oc(-c3ccc(C)c(NC(=S)NC(=O)c4ccc(C)c(C)c4)c3)nc2c1. The number of hydrogen-bond donors (Lipinski definition) is 2. The summed E-state index contributed by atoms with van der Waals surface area (Å²) >= 11 is 5.39. The van der Waals surface area contributed by atoms with Gasteiger partial charge in [0.05, 0.1) is 0 Å². The second-order valence-electron chi connectivity index (χ2n) is 7.91. The van der Waals surface area contributed by atoms with Crippen molar-refractivity contribution in [1.82, 2.24) is 10.3 Å². The smallest absolute Gasteiger partial charge is 0.257 e. The van der Waals surface area contributed by atoms with E-state index >= 15 is 0 Å². The van der Waals surface area contributed by atoms with E-state index in [1.807, 2.05) is 63.2 Å². The molecule has 1 heterocycles. The first kappa shape index (κ1) is 21.7. The van der Waals surface area contributed by atoms with Gasteiger partial charge in [0.25, 0.3) is 5.91 Å². The van der Waals surface area contributed by atoms with Crippen LogP contribution in [-0.4, -0.2) is 16.0 Å². The number of oxazole rings is 1. The van der Waals surface area contributed by atoms with Crippen molar-refractivity contribution >= 4 is 40.0 Å². The van der Waals surface area contributed by atoms with Crippen LogP contribution in [0.25, 0.3) is 22.6 Å². The summed E-state index contributed by atoms with van der Waals surface area (Å²) in [6.45, 7) is 8.08. The highest BCUT2D eigenvalue weighted by atomic mass is 32.1. The number of carbonyl (C=O) groups excluding carboxylic acids is 1. The number of aryl methyl sites for hydroxylation is 4. The molecule has 1 amide bonds. The van der Waals surface area contributed by atoms with Gasteiger partial charge in [-0.05, 0) is 98.1 Å². The van der Waals surface area contributed by atoms with E-state index in [-0.39, 0.29) is 11.0 Å². The molecule has 0 aliphatic heterocycles. The lowest BCUT2D eigenvalue weighted by molar-refractivity contribution is 0.0977. The molecule has 0 spiro atoms. The number of amides is 1. The fourth-order valence-corrected chi connectivity index (χ4v) is 3.62. The van der Waals surface area contributed by atoms with Crippen molar-refractivity contribution in [3.05, 3.63) is 82.4 Å². The van der Waals surface area contributed by atoms with E-state index in [4.69, 9.17) is 16.6 Å². The molecule has 0 unspecified atom stereocenters. The number of fused-ring (bicyclic) bond motifs is 1. The Morgan fingerprint density at radius 1 is 0.969 bits per heavy atom. The molecule has 2 N–H and O–H groups in total. The molecule has 3 aromatic carbocycles. The lowest BCUT2D eigenvalue weighted by Gasteiger charge is -2.13. The van der Waals surface area contributed by atoms with Gasteiger partial charge in [-0.25, -0.2) is 4.98 Å². The Hall–Kier alpha value is -3.51. The van der Waals surface area contributed by atoms with E-state index < -0.39 is 0 Å². The molecule has 6 heteroatoms. The van der Waals surface area contributed by atoms with Crippen molar-refractivity contribution in [2.45, 2.75) is 34.1 Å². The zero-order valence-corrected chi connectivity index (χ0v) is 19.4. The first-order valence-corrected chi connectivity index (χ1v) is 10.9. The molecule has 0 saturated heterocycles. The van der Waals surface area contributed by atoms with Crippen molar-refractivity contribution in [2.75, 3.05) is 5.32 Å². The molecule has 0 saturated carbocycles. The molecule has 0 aliphatic carbocycles. The highest BCUT2D eigenvalue weighted by Crippen LogP contribution is 2.28.